The number of para-hydroxylation sites is 1. The quantitative estimate of drug-likeness (QED) is 0.722. The van der Waals surface area contributed by atoms with E-state index in [0.717, 1.165) is 35.4 Å². The highest BCUT2D eigenvalue weighted by Crippen LogP contribution is 2.32. The van der Waals surface area contributed by atoms with E-state index in [9.17, 15) is 0 Å². The van der Waals surface area contributed by atoms with Crippen molar-refractivity contribution in [3.63, 3.8) is 0 Å². The lowest BCUT2D eigenvalue weighted by molar-refractivity contribution is 0.320. The Morgan fingerprint density at radius 3 is 2.65 bits per heavy atom. The first-order valence-corrected chi connectivity index (χ1v) is 7.78. The number of aromatic nitrogens is 2. The minimum Gasteiger partial charge on any atom is -0.491 e. The van der Waals surface area contributed by atoms with Crippen LogP contribution in [0.3, 0.4) is 0 Å². The minimum absolute atomic E-state index is 0.0116. The molecular weight excluding hydrogens is 272 g/mol. The molecule has 0 radical (unpaired) electrons. The van der Waals surface area contributed by atoms with Gasteiger partial charge in [-0.3, -0.25) is 0 Å². The van der Waals surface area contributed by atoms with Crippen LogP contribution in [0.15, 0.2) is 18.2 Å². The maximum absolute atomic E-state index is 6.10. The molecule has 110 valence electrons. The van der Waals surface area contributed by atoms with E-state index in [1.165, 1.54) is 0 Å². The molecule has 0 N–H and O–H groups in total. The first-order valence-electron chi connectivity index (χ1n) is 7.24. The number of nitrogens with zero attached hydrogens (tertiary/aromatic N) is 2. The average Bonchev–Trinajstić information content (AvgIpc) is 2.84. The van der Waals surface area contributed by atoms with Crippen LogP contribution in [0, 0.1) is 0 Å². The number of halogens is 1. The largest absolute Gasteiger partial charge is 0.491 e. The highest BCUT2D eigenvalue weighted by atomic mass is 35.5. The molecule has 0 saturated carbocycles. The van der Waals surface area contributed by atoms with E-state index in [2.05, 4.69) is 38.3 Å². The Morgan fingerprint density at radius 1 is 1.30 bits per heavy atom. The summed E-state index contributed by atoms with van der Waals surface area (Å²) in [7, 11) is 0. The summed E-state index contributed by atoms with van der Waals surface area (Å²) in [4.78, 5) is 4.70. The second-order valence-corrected chi connectivity index (χ2v) is 5.90. The first-order chi connectivity index (χ1) is 9.55. The number of imidazole rings is 1. The molecule has 1 heterocycles. The van der Waals surface area contributed by atoms with Crippen molar-refractivity contribution in [1.82, 2.24) is 9.55 Å². The Bertz CT molecular complexity index is 589. The average molecular weight is 295 g/mol. The Balaban J connectivity index is 2.63. The summed E-state index contributed by atoms with van der Waals surface area (Å²) in [6.45, 7) is 9.41. The van der Waals surface area contributed by atoms with Crippen molar-refractivity contribution in [1.29, 1.82) is 0 Å². The van der Waals surface area contributed by atoms with Gasteiger partial charge in [-0.05, 0) is 38.8 Å². The fraction of sp³-hybridized carbons (Fsp3) is 0.562. The standard InChI is InChI=1S/C16H23ClN2O/c1-5-10-20-13-9-7-8-12-15(13)18-14(11-17)19(12)16(3,4)6-2/h7-9H,5-6,10-11H2,1-4H3. The molecular formula is C16H23ClN2O. The van der Waals surface area contributed by atoms with Gasteiger partial charge in [0.05, 0.1) is 18.0 Å². The zero-order valence-electron chi connectivity index (χ0n) is 12.7. The summed E-state index contributed by atoms with van der Waals surface area (Å²) in [5.74, 6) is 2.16. The van der Waals surface area contributed by atoms with Crippen LogP contribution < -0.4 is 4.74 Å². The van der Waals surface area contributed by atoms with Crippen LogP contribution in [0.5, 0.6) is 5.75 Å². The fourth-order valence-electron chi connectivity index (χ4n) is 2.37. The molecule has 0 amide bonds. The molecule has 2 rings (SSSR count). The van der Waals surface area contributed by atoms with Gasteiger partial charge in [0, 0.05) is 5.54 Å². The van der Waals surface area contributed by atoms with Gasteiger partial charge in [-0.15, -0.1) is 11.6 Å². The van der Waals surface area contributed by atoms with E-state index < -0.39 is 0 Å². The monoisotopic (exact) mass is 294 g/mol. The molecule has 0 spiro atoms. The Kier molecular flexibility index (Phi) is 4.59. The van der Waals surface area contributed by atoms with Crippen LogP contribution in [0.4, 0.5) is 0 Å². The van der Waals surface area contributed by atoms with Crippen LogP contribution in [-0.4, -0.2) is 16.2 Å². The van der Waals surface area contributed by atoms with Gasteiger partial charge in [0.1, 0.15) is 17.1 Å². The van der Waals surface area contributed by atoms with Gasteiger partial charge >= 0.3 is 0 Å². The van der Waals surface area contributed by atoms with E-state index in [0.29, 0.717) is 12.5 Å². The number of ether oxygens (including phenoxy) is 1. The normalized spacial score (nSPS) is 12.1. The molecule has 0 saturated heterocycles. The minimum atomic E-state index is -0.0116. The van der Waals surface area contributed by atoms with Crippen LogP contribution in [-0.2, 0) is 11.4 Å². The molecule has 0 aliphatic rings. The number of rotatable bonds is 6. The fourth-order valence-corrected chi connectivity index (χ4v) is 2.55. The number of alkyl halides is 1. The molecule has 0 aliphatic carbocycles. The molecule has 4 heteroatoms. The van der Waals surface area contributed by atoms with Crippen LogP contribution in [0.25, 0.3) is 11.0 Å². The number of hydrogen-bond donors (Lipinski definition) is 0. The van der Waals surface area contributed by atoms with Gasteiger partial charge in [-0.1, -0.05) is 19.9 Å². The van der Waals surface area contributed by atoms with Crippen LogP contribution in [0.2, 0.25) is 0 Å². The molecule has 1 aromatic carbocycles. The van der Waals surface area contributed by atoms with Crippen molar-refractivity contribution in [2.45, 2.75) is 52.0 Å². The number of benzene rings is 1. The van der Waals surface area contributed by atoms with Crippen molar-refractivity contribution in [2.75, 3.05) is 6.61 Å². The lowest BCUT2D eigenvalue weighted by Crippen LogP contribution is -2.26. The van der Waals surface area contributed by atoms with E-state index in [1.54, 1.807) is 0 Å². The van der Waals surface area contributed by atoms with Gasteiger partial charge < -0.3 is 9.30 Å². The Hall–Kier alpha value is -1.22. The maximum Gasteiger partial charge on any atom is 0.147 e. The highest BCUT2D eigenvalue weighted by Gasteiger charge is 2.25. The van der Waals surface area contributed by atoms with E-state index in [4.69, 9.17) is 21.3 Å². The Morgan fingerprint density at radius 2 is 2.05 bits per heavy atom. The maximum atomic E-state index is 6.10. The lowest BCUT2D eigenvalue weighted by atomic mass is 10.0. The molecule has 0 unspecified atom stereocenters. The zero-order chi connectivity index (χ0) is 14.8. The molecule has 0 bridgehead atoms. The molecule has 20 heavy (non-hydrogen) atoms. The summed E-state index contributed by atoms with van der Waals surface area (Å²) in [5.41, 5.74) is 2.00. The highest BCUT2D eigenvalue weighted by molar-refractivity contribution is 6.16. The van der Waals surface area contributed by atoms with Crippen molar-refractivity contribution in [3.05, 3.63) is 24.0 Å². The summed E-state index contributed by atoms with van der Waals surface area (Å²) in [5, 5.41) is 0. The van der Waals surface area contributed by atoms with E-state index >= 15 is 0 Å². The van der Waals surface area contributed by atoms with Gasteiger partial charge in [-0.2, -0.15) is 0 Å². The Labute approximate surface area is 125 Å². The predicted molar refractivity (Wildman–Crippen MR) is 84.7 cm³/mol. The predicted octanol–water partition coefficient (Wildman–Crippen LogP) is 4.71. The molecule has 1 aromatic heterocycles. The third-order valence-corrected chi connectivity index (χ3v) is 4.01. The van der Waals surface area contributed by atoms with Gasteiger partial charge in [0.2, 0.25) is 0 Å². The second kappa shape index (κ2) is 6.04. The molecule has 0 aliphatic heterocycles. The van der Waals surface area contributed by atoms with Crippen LogP contribution in [0.1, 0.15) is 46.4 Å². The lowest BCUT2D eigenvalue weighted by Gasteiger charge is -2.27. The third kappa shape index (κ3) is 2.64. The number of fused-ring (bicyclic) bond motifs is 1. The molecule has 3 nitrogen and oxygen atoms in total. The third-order valence-electron chi connectivity index (χ3n) is 3.77. The van der Waals surface area contributed by atoms with Crippen molar-refractivity contribution in [2.24, 2.45) is 0 Å². The summed E-state index contributed by atoms with van der Waals surface area (Å²) in [6, 6.07) is 6.09. The number of hydrogen-bond acceptors (Lipinski definition) is 2. The van der Waals surface area contributed by atoms with Crippen molar-refractivity contribution >= 4 is 22.6 Å². The van der Waals surface area contributed by atoms with Crippen LogP contribution >= 0.6 is 11.6 Å². The SMILES string of the molecule is CCCOc1cccc2c1nc(CCl)n2C(C)(C)CC. The van der Waals surface area contributed by atoms with Crippen molar-refractivity contribution in [3.8, 4) is 5.75 Å². The van der Waals surface area contributed by atoms with E-state index in [-0.39, 0.29) is 5.54 Å². The van der Waals surface area contributed by atoms with Gasteiger partial charge in [0.15, 0.2) is 0 Å². The zero-order valence-corrected chi connectivity index (χ0v) is 13.5. The second-order valence-electron chi connectivity index (χ2n) is 5.64. The van der Waals surface area contributed by atoms with Crippen molar-refractivity contribution < 1.29 is 4.74 Å². The molecule has 0 fully saturated rings. The summed E-state index contributed by atoms with van der Waals surface area (Å²) in [6.07, 6.45) is 2.00. The summed E-state index contributed by atoms with van der Waals surface area (Å²) >= 11 is 6.10. The molecule has 0 atom stereocenters. The molecule has 2 aromatic rings. The van der Waals surface area contributed by atoms with Gasteiger partial charge in [0.25, 0.3) is 0 Å². The van der Waals surface area contributed by atoms with Gasteiger partial charge in [-0.25, -0.2) is 4.98 Å². The summed E-state index contributed by atoms with van der Waals surface area (Å²) < 4.78 is 8.05. The smallest absolute Gasteiger partial charge is 0.147 e. The van der Waals surface area contributed by atoms with E-state index in [1.807, 2.05) is 12.1 Å². The first kappa shape index (κ1) is 15.2. The topological polar surface area (TPSA) is 27.1 Å².